The molecule has 0 radical (unpaired) electrons. The van der Waals surface area contributed by atoms with Gasteiger partial charge in [0, 0.05) is 12.6 Å². The molecule has 0 spiro atoms. The molecule has 2 rings (SSSR count). The van der Waals surface area contributed by atoms with Gasteiger partial charge in [0.05, 0.1) is 14.2 Å². The molecule has 1 atom stereocenters. The third-order valence-electron chi connectivity index (χ3n) is 3.77. The second-order valence-corrected chi connectivity index (χ2v) is 4.93. The van der Waals surface area contributed by atoms with E-state index in [1.807, 2.05) is 13.1 Å². The lowest BCUT2D eigenvalue weighted by Crippen LogP contribution is -2.32. The molecule has 1 aliphatic heterocycles. The molecule has 1 N–H and O–H groups in total. The lowest BCUT2D eigenvalue weighted by atomic mass is 10.0. The minimum atomic E-state index is 0.410. The Labute approximate surface area is 115 Å². The summed E-state index contributed by atoms with van der Waals surface area (Å²) in [4.78, 5) is 2.54. The second-order valence-electron chi connectivity index (χ2n) is 4.93. The molecular formula is C15H24N2O2. The molecule has 19 heavy (non-hydrogen) atoms. The Bertz CT molecular complexity index is 403. The number of nitrogens with zero attached hydrogens (tertiary/aromatic N) is 1. The minimum Gasteiger partial charge on any atom is -0.493 e. The number of likely N-dealkylation sites (tertiary alicyclic amines) is 1. The van der Waals surface area contributed by atoms with Gasteiger partial charge in [0.25, 0.3) is 0 Å². The van der Waals surface area contributed by atoms with Crippen LogP contribution >= 0.6 is 0 Å². The summed E-state index contributed by atoms with van der Waals surface area (Å²) in [7, 11) is 5.36. The largest absolute Gasteiger partial charge is 0.493 e. The number of benzene rings is 1. The number of nitrogens with one attached hydrogen (secondary N) is 1. The third kappa shape index (κ3) is 3.19. The molecule has 1 heterocycles. The molecule has 0 aromatic heterocycles. The van der Waals surface area contributed by atoms with Gasteiger partial charge in [-0.3, -0.25) is 4.90 Å². The normalized spacial score (nSPS) is 17.4. The topological polar surface area (TPSA) is 33.7 Å². The van der Waals surface area contributed by atoms with Gasteiger partial charge in [0.2, 0.25) is 0 Å². The van der Waals surface area contributed by atoms with E-state index < -0.39 is 0 Å². The highest BCUT2D eigenvalue weighted by atomic mass is 16.5. The summed E-state index contributed by atoms with van der Waals surface area (Å²) < 4.78 is 10.7. The van der Waals surface area contributed by atoms with Crippen molar-refractivity contribution in [3.63, 3.8) is 0 Å². The van der Waals surface area contributed by atoms with E-state index in [1.54, 1.807) is 14.2 Å². The summed E-state index contributed by atoms with van der Waals surface area (Å²) in [6.45, 7) is 3.32. The fourth-order valence-electron chi connectivity index (χ4n) is 2.76. The van der Waals surface area contributed by atoms with Crippen molar-refractivity contribution >= 4 is 0 Å². The molecule has 1 unspecified atom stereocenters. The standard InChI is InChI=1S/C15H24N2O2/c1-16-11-13(17-8-4-5-9-17)12-6-7-14(18-2)15(10-12)19-3/h6-7,10,13,16H,4-5,8-9,11H2,1-3H3. The molecule has 4 nitrogen and oxygen atoms in total. The Morgan fingerprint density at radius 2 is 1.84 bits per heavy atom. The van der Waals surface area contributed by atoms with Crippen molar-refractivity contribution in [1.29, 1.82) is 0 Å². The van der Waals surface area contributed by atoms with E-state index in [0.29, 0.717) is 6.04 Å². The van der Waals surface area contributed by atoms with Crippen molar-refractivity contribution in [3.8, 4) is 11.5 Å². The Balaban J connectivity index is 2.25. The number of hydrogen-bond donors (Lipinski definition) is 1. The molecule has 1 fully saturated rings. The van der Waals surface area contributed by atoms with Gasteiger partial charge in [0.15, 0.2) is 11.5 Å². The summed E-state index contributed by atoms with van der Waals surface area (Å²) in [5.41, 5.74) is 1.29. The number of methoxy groups -OCH3 is 2. The van der Waals surface area contributed by atoms with Crippen LogP contribution in [0.2, 0.25) is 0 Å². The Hall–Kier alpha value is -1.26. The maximum Gasteiger partial charge on any atom is 0.161 e. The summed E-state index contributed by atoms with van der Waals surface area (Å²) >= 11 is 0. The first-order valence-electron chi connectivity index (χ1n) is 6.90. The third-order valence-corrected chi connectivity index (χ3v) is 3.77. The van der Waals surface area contributed by atoms with E-state index in [4.69, 9.17) is 9.47 Å². The monoisotopic (exact) mass is 264 g/mol. The van der Waals surface area contributed by atoms with Crippen molar-refractivity contribution < 1.29 is 9.47 Å². The molecule has 0 amide bonds. The number of rotatable bonds is 6. The van der Waals surface area contributed by atoms with E-state index in [2.05, 4.69) is 22.3 Å². The fraction of sp³-hybridized carbons (Fsp3) is 0.600. The van der Waals surface area contributed by atoms with Crippen LogP contribution in [-0.4, -0.2) is 45.8 Å². The molecule has 1 aromatic carbocycles. The van der Waals surface area contributed by atoms with E-state index in [9.17, 15) is 0 Å². The highest BCUT2D eigenvalue weighted by Crippen LogP contribution is 2.32. The van der Waals surface area contributed by atoms with Crippen LogP contribution in [0.25, 0.3) is 0 Å². The number of likely N-dealkylation sites (N-methyl/N-ethyl adjacent to an activating group) is 1. The second kappa shape index (κ2) is 6.78. The lowest BCUT2D eigenvalue weighted by Gasteiger charge is -2.28. The SMILES string of the molecule is CNCC(c1ccc(OC)c(OC)c1)N1CCCC1. The fourth-order valence-corrected chi connectivity index (χ4v) is 2.76. The first-order chi connectivity index (χ1) is 9.30. The molecule has 1 aliphatic rings. The Kier molecular flexibility index (Phi) is 5.05. The van der Waals surface area contributed by atoms with Crippen LogP contribution in [0.15, 0.2) is 18.2 Å². The summed E-state index contributed by atoms with van der Waals surface area (Å²) in [5.74, 6) is 1.59. The van der Waals surface area contributed by atoms with Gasteiger partial charge in [0.1, 0.15) is 0 Å². The predicted octanol–water partition coefficient (Wildman–Crippen LogP) is 2.06. The van der Waals surface area contributed by atoms with Crippen LogP contribution < -0.4 is 14.8 Å². The summed E-state index contributed by atoms with van der Waals surface area (Å²) in [6.07, 6.45) is 2.60. The highest BCUT2D eigenvalue weighted by Gasteiger charge is 2.23. The zero-order chi connectivity index (χ0) is 13.7. The van der Waals surface area contributed by atoms with E-state index >= 15 is 0 Å². The average molecular weight is 264 g/mol. The zero-order valence-corrected chi connectivity index (χ0v) is 12.1. The zero-order valence-electron chi connectivity index (χ0n) is 12.1. The van der Waals surface area contributed by atoms with E-state index in [0.717, 1.165) is 18.0 Å². The molecule has 1 aromatic rings. The van der Waals surface area contributed by atoms with Gasteiger partial charge in [-0.25, -0.2) is 0 Å². The molecule has 0 bridgehead atoms. The summed E-state index contributed by atoms with van der Waals surface area (Å²) in [6, 6.07) is 6.64. The van der Waals surface area contributed by atoms with Crippen LogP contribution in [-0.2, 0) is 0 Å². The maximum absolute atomic E-state index is 5.40. The van der Waals surface area contributed by atoms with Gasteiger partial charge < -0.3 is 14.8 Å². The molecule has 4 heteroatoms. The van der Waals surface area contributed by atoms with Crippen LogP contribution in [0.1, 0.15) is 24.4 Å². The van der Waals surface area contributed by atoms with Crippen LogP contribution in [0.4, 0.5) is 0 Å². The van der Waals surface area contributed by atoms with Crippen molar-refractivity contribution in [1.82, 2.24) is 10.2 Å². The average Bonchev–Trinajstić information content (AvgIpc) is 2.98. The van der Waals surface area contributed by atoms with Crippen LogP contribution in [0, 0.1) is 0 Å². The minimum absolute atomic E-state index is 0.410. The quantitative estimate of drug-likeness (QED) is 0.853. The van der Waals surface area contributed by atoms with Gasteiger partial charge in [-0.2, -0.15) is 0 Å². The predicted molar refractivity (Wildman–Crippen MR) is 77.0 cm³/mol. The first-order valence-corrected chi connectivity index (χ1v) is 6.90. The van der Waals surface area contributed by atoms with Gasteiger partial charge in [-0.15, -0.1) is 0 Å². The van der Waals surface area contributed by atoms with Gasteiger partial charge in [-0.1, -0.05) is 6.07 Å². The number of ether oxygens (including phenoxy) is 2. The first kappa shape index (κ1) is 14.2. The lowest BCUT2D eigenvalue weighted by molar-refractivity contribution is 0.241. The molecule has 0 saturated carbocycles. The van der Waals surface area contributed by atoms with Crippen molar-refractivity contribution in [2.24, 2.45) is 0 Å². The van der Waals surface area contributed by atoms with Crippen molar-refractivity contribution in [2.75, 3.05) is 40.9 Å². The highest BCUT2D eigenvalue weighted by molar-refractivity contribution is 5.44. The van der Waals surface area contributed by atoms with Gasteiger partial charge >= 0.3 is 0 Å². The maximum atomic E-state index is 5.40. The van der Waals surface area contributed by atoms with Crippen LogP contribution in [0.3, 0.4) is 0 Å². The van der Waals surface area contributed by atoms with E-state index in [1.165, 1.54) is 31.5 Å². The van der Waals surface area contributed by atoms with Crippen molar-refractivity contribution in [3.05, 3.63) is 23.8 Å². The molecule has 106 valence electrons. The smallest absolute Gasteiger partial charge is 0.161 e. The summed E-state index contributed by atoms with van der Waals surface area (Å²) in [5, 5.41) is 3.30. The molecular weight excluding hydrogens is 240 g/mol. The van der Waals surface area contributed by atoms with Crippen LogP contribution in [0.5, 0.6) is 11.5 Å². The Morgan fingerprint density at radius 1 is 1.16 bits per heavy atom. The molecule has 0 aliphatic carbocycles. The van der Waals surface area contributed by atoms with Gasteiger partial charge in [-0.05, 0) is 50.7 Å². The number of hydrogen-bond acceptors (Lipinski definition) is 4. The Morgan fingerprint density at radius 3 is 2.42 bits per heavy atom. The van der Waals surface area contributed by atoms with E-state index in [-0.39, 0.29) is 0 Å². The van der Waals surface area contributed by atoms with Crippen molar-refractivity contribution in [2.45, 2.75) is 18.9 Å². The molecule has 1 saturated heterocycles.